The van der Waals surface area contributed by atoms with E-state index >= 15 is 0 Å². The van der Waals surface area contributed by atoms with Crippen molar-refractivity contribution in [3.63, 3.8) is 0 Å². The topological polar surface area (TPSA) is 102 Å². The van der Waals surface area contributed by atoms with Gasteiger partial charge in [0.1, 0.15) is 15.4 Å². The SMILES string of the molecule is O=[N+]([O-])c1nn(CN2CCN(S(=O)(=O)c3ccc(Cl)s3)CC2)cc1Br. The Hall–Kier alpha value is -1.05. The normalized spacial score (nSPS) is 17.0. The van der Waals surface area contributed by atoms with Gasteiger partial charge in [-0.25, -0.2) is 8.42 Å². The van der Waals surface area contributed by atoms with Gasteiger partial charge in [0.25, 0.3) is 10.0 Å². The molecule has 2 aromatic heterocycles. The highest BCUT2D eigenvalue weighted by Crippen LogP contribution is 2.28. The van der Waals surface area contributed by atoms with Crippen molar-refractivity contribution in [1.29, 1.82) is 0 Å². The second-order valence-corrected chi connectivity index (χ2v) is 10.1. The Morgan fingerprint density at radius 1 is 1.32 bits per heavy atom. The van der Waals surface area contributed by atoms with Gasteiger partial charge in [0.05, 0.1) is 15.6 Å². The summed E-state index contributed by atoms with van der Waals surface area (Å²) in [6.45, 7) is 2.03. The summed E-state index contributed by atoms with van der Waals surface area (Å²) in [5.74, 6) is -0.240. The summed E-state index contributed by atoms with van der Waals surface area (Å²) >= 11 is 9.96. The van der Waals surface area contributed by atoms with Crippen molar-refractivity contribution < 1.29 is 13.3 Å². The first-order valence-corrected chi connectivity index (χ1v) is 10.6. The smallest absolute Gasteiger partial charge is 0.358 e. The Kier molecular flexibility index (Phi) is 5.46. The molecule has 13 heteroatoms. The minimum absolute atomic E-state index is 0.234. The zero-order valence-electron chi connectivity index (χ0n) is 12.7. The summed E-state index contributed by atoms with van der Waals surface area (Å²) in [5.41, 5.74) is 0. The molecule has 9 nitrogen and oxygen atoms in total. The molecule has 2 aromatic rings. The molecule has 1 saturated heterocycles. The molecule has 0 bridgehead atoms. The van der Waals surface area contributed by atoms with Gasteiger partial charge in [0.15, 0.2) is 0 Å². The first kappa shape index (κ1) is 18.7. The highest BCUT2D eigenvalue weighted by atomic mass is 79.9. The van der Waals surface area contributed by atoms with Crippen molar-refractivity contribution in [2.75, 3.05) is 26.2 Å². The molecule has 1 aliphatic heterocycles. The molecule has 1 aliphatic rings. The molecule has 0 unspecified atom stereocenters. The van der Waals surface area contributed by atoms with Crippen LogP contribution in [0.2, 0.25) is 4.34 Å². The molecule has 0 radical (unpaired) electrons. The number of hydrogen-bond donors (Lipinski definition) is 0. The van der Waals surface area contributed by atoms with Gasteiger partial charge in [-0.15, -0.1) is 11.3 Å². The zero-order valence-corrected chi connectivity index (χ0v) is 16.7. The first-order valence-electron chi connectivity index (χ1n) is 7.12. The lowest BCUT2D eigenvalue weighted by Crippen LogP contribution is -2.48. The first-order chi connectivity index (χ1) is 11.8. The van der Waals surface area contributed by atoms with Crippen LogP contribution in [0.25, 0.3) is 0 Å². The maximum atomic E-state index is 12.5. The number of sulfonamides is 1. The van der Waals surface area contributed by atoms with Crippen LogP contribution in [-0.2, 0) is 16.7 Å². The minimum atomic E-state index is -3.53. The number of nitro groups is 1. The van der Waals surface area contributed by atoms with Gasteiger partial charge in [-0.05, 0) is 33.0 Å². The van der Waals surface area contributed by atoms with Crippen molar-refractivity contribution in [3.05, 3.63) is 37.3 Å². The fourth-order valence-electron chi connectivity index (χ4n) is 2.46. The van der Waals surface area contributed by atoms with E-state index in [1.807, 2.05) is 4.90 Å². The second kappa shape index (κ2) is 7.29. The number of rotatable bonds is 5. The molecule has 0 atom stereocenters. The Morgan fingerprint density at radius 3 is 2.52 bits per heavy atom. The van der Waals surface area contributed by atoms with E-state index in [9.17, 15) is 18.5 Å². The highest BCUT2D eigenvalue weighted by Gasteiger charge is 2.30. The van der Waals surface area contributed by atoms with Gasteiger partial charge in [-0.1, -0.05) is 11.6 Å². The average Bonchev–Trinajstić information content (AvgIpc) is 3.14. The molecule has 136 valence electrons. The molecule has 0 N–H and O–H groups in total. The van der Waals surface area contributed by atoms with Crippen molar-refractivity contribution in [2.24, 2.45) is 0 Å². The molecule has 3 heterocycles. The highest BCUT2D eigenvalue weighted by molar-refractivity contribution is 9.10. The molecule has 0 aromatic carbocycles. The van der Waals surface area contributed by atoms with Gasteiger partial charge in [-0.2, -0.15) is 8.99 Å². The minimum Gasteiger partial charge on any atom is -0.358 e. The molecule has 1 fully saturated rings. The summed E-state index contributed by atoms with van der Waals surface area (Å²) in [4.78, 5) is 12.2. The van der Waals surface area contributed by atoms with Crippen LogP contribution in [0, 0.1) is 10.1 Å². The number of piperazine rings is 1. The summed E-state index contributed by atoms with van der Waals surface area (Å²) in [6, 6.07) is 3.08. The Morgan fingerprint density at radius 2 is 2.00 bits per heavy atom. The predicted molar refractivity (Wildman–Crippen MR) is 96.2 cm³/mol. The third kappa shape index (κ3) is 4.04. The molecule has 25 heavy (non-hydrogen) atoms. The van der Waals surface area contributed by atoms with E-state index < -0.39 is 14.9 Å². The fourth-order valence-corrected chi connectivity index (χ4v) is 5.98. The molecule has 0 amide bonds. The predicted octanol–water partition coefficient (Wildman–Crippen LogP) is 2.23. The lowest BCUT2D eigenvalue weighted by Gasteiger charge is -2.32. The molecule has 0 spiro atoms. The number of hydrogen-bond acceptors (Lipinski definition) is 7. The number of thiophene rings is 1. The van der Waals surface area contributed by atoms with Crippen LogP contribution in [0.15, 0.2) is 27.0 Å². The Bertz CT molecular complexity index is 891. The van der Waals surface area contributed by atoms with E-state index in [1.165, 1.54) is 21.3 Å². The van der Waals surface area contributed by atoms with Crippen molar-refractivity contribution >= 4 is 54.7 Å². The van der Waals surface area contributed by atoms with Gasteiger partial charge in [0, 0.05) is 26.2 Å². The Labute approximate surface area is 161 Å². The van der Waals surface area contributed by atoms with Gasteiger partial charge >= 0.3 is 5.82 Å². The lowest BCUT2D eigenvalue weighted by molar-refractivity contribution is -0.390. The van der Waals surface area contributed by atoms with E-state index in [0.29, 0.717) is 41.7 Å². The average molecular weight is 471 g/mol. The van der Waals surface area contributed by atoms with Crippen molar-refractivity contribution in [1.82, 2.24) is 19.0 Å². The van der Waals surface area contributed by atoms with Gasteiger partial charge in [0.2, 0.25) is 0 Å². The quantitative estimate of drug-likeness (QED) is 0.490. The summed E-state index contributed by atoms with van der Waals surface area (Å²) in [7, 11) is -3.53. The van der Waals surface area contributed by atoms with Crippen LogP contribution < -0.4 is 0 Å². The molecule has 0 aliphatic carbocycles. The van der Waals surface area contributed by atoms with Gasteiger partial charge < -0.3 is 10.1 Å². The van der Waals surface area contributed by atoms with Crippen molar-refractivity contribution in [2.45, 2.75) is 10.9 Å². The standard InChI is InChI=1S/C12H13BrClN5O4S2/c13-9-7-17(15-12(9)19(20)21)8-16-3-5-18(6-4-16)25(22,23)11-2-1-10(14)24-11/h1-2,7H,3-6,8H2. The van der Waals surface area contributed by atoms with E-state index in [0.717, 1.165) is 11.3 Å². The van der Waals surface area contributed by atoms with E-state index in [-0.39, 0.29) is 10.0 Å². The van der Waals surface area contributed by atoms with Crippen LogP contribution in [0.5, 0.6) is 0 Å². The van der Waals surface area contributed by atoms with Gasteiger partial charge in [-0.3, -0.25) is 4.90 Å². The maximum absolute atomic E-state index is 12.5. The third-order valence-electron chi connectivity index (χ3n) is 3.69. The zero-order chi connectivity index (χ0) is 18.2. The van der Waals surface area contributed by atoms with Crippen molar-refractivity contribution in [3.8, 4) is 0 Å². The monoisotopic (exact) mass is 469 g/mol. The maximum Gasteiger partial charge on any atom is 0.404 e. The second-order valence-electron chi connectivity index (χ2n) is 5.32. The Balaban J connectivity index is 1.62. The van der Waals surface area contributed by atoms with E-state index in [4.69, 9.17) is 11.6 Å². The van der Waals surface area contributed by atoms with Crippen LogP contribution in [0.3, 0.4) is 0 Å². The molecular weight excluding hydrogens is 458 g/mol. The van der Waals surface area contributed by atoms with Crippen LogP contribution >= 0.6 is 38.9 Å². The lowest BCUT2D eigenvalue weighted by atomic mass is 10.4. The largest absolute Gasteiger partial charge is 0.404 e. The van der Waals surface area contributed by atoms with Crippen LogP contribution in [-0.4, -0.2) is 58.5 Å². The van der Waals surface area contributed by atoms with E-state index in [2.05, 4.69) is 21.0 Å². The fraction of sp³-hybridized carbons (Fsp3) is 0.417. The summed E-state index contributed by atoms with van der Waals surface area (Å²) in [5, 5.41) is 14.7. The number of halogens is 2. The number of aromatic nitrogens is 2. The summed E-state index contributed by atoms with van der Waals surface area (Å²) < 4.78 is 29.0. The molecule has 3 rings (SSSR count). The number of nitrogens with zero attached hydrogens (tertiary/aromatic N) is 5. The van der Waals surface area contributed by atoms with E-state index in [1.54, 1.807) is 6.07 Å². The summed E-state index contributed by atoms with van der Waals surface area (Å²) in [6.07, 6.45) is 1.54. The van der Waals surface area contributed by atoms with Crippen LogP contribution in [0.4, 0.5) is 5.82 Å². The van der Waals surface area contributed by atoms with Crippen LogP contribution in [0.1, 0.15) is 0 Å². The molecule has 0 saturated carbocycles. The third-order valence-corrected chi connectivity index (χ3v) is 7.85. The molecular formula is C12H13BrClN5O4S2.